The summed E-state index contributed by atoms with van der Waals surface area (Å²) in [6.07, 6.45) is 0. The molecule has 0 saturated heterocycles. The molecule has 0 spiro atoms. The van der Waals surface area contributed by atoms with Gasteiger partial charge < -0.3 is 9.13 Å². The number of nitrogens with zero attached hydrogens (tertiary/aromatic N) is 6. The van der Waals surface area contributed by atoms with E-state index in [2.05, 4.69) is 231 Å². The minimum absolute atomic E-state index is 0.255. The molecular weight excluding hydrogens is 997 g/mol. The molecule has 2 aliphatic carbocycles. The first-order chi connectivity index (χ1) is 40.2. The number of fused-ring (bicyclic) bond motifs is 14. The van der Waals surface area contributed by atoms with Gasteiger partial charge in [-0.25, -0.2) is 15.0 Å². The number of hydrogen-bond acceptors (Lipinski definition) is 4. The Morgan fingerprint density at radius 2 is 0.744 bits per heavy atom. The molecule has 11 aromatic carbocycles. The van der Waals surface area contributed by atoms with Crippen LogP contribution in [0.3, 0.4) is 0 Å². The molecule has 16 rings (SSSR count). The first kappa shape index (κ1) is 47.5. The molecule has 14 aromatic rings. The molecule has 0 N–H and O–H groups in total. The van der Waals surface area contributed by atoms with E-state index in [0.717, 1.165) is 72.4 Å². The Bertz CT molecular complexity index is 4990. The van der Waals surface area contributed by atoms with Gasteiger partial charge in [0.15, 0.2) is 17.5 Å². The zero-order valence-electron chi connectivity index (χ0n) is 45.8. The number of nitriles is 1. The van der Waals surface area contributed by atoms with E-state index in [-0.39, 0.29) is 10.8 Å². The van der Waals surface area contributed by atoms with Crippen LogP contribution in [-0.4, -0.2) is 24.1 Å². The lowest BCUT2D eigenvalue weighted by molar-refractivity contribution is 0.666. The second-order valence-electron chi connectivity index (χ2n) is 23.0. The Balaban J connectivity index is 1.04. The lowest BCUT2D eigenvalue weighted by Crippen LogP contribution is -2.15. The van der Waals surface area contributed by atoms with E-state index in [1.54, 1.807) is 0 Å². The van der Waals surface area contributed by atoms with E-state index < -0.39 is 0 Å². The van der Waals surface area contributed by atoms with Crippen LogP contribution in [0.15, 0.2) is 243 Å². The third-order valence-electron chi connectivity index (χ3n) is 17.8. The third-order valence-corrected chi connectivity index (χ3v) is 17.8. The number of aromatic nitrogens is 5. The van der Waals surface area contributed by atoms with Crippen LogP contribution in [0.5, 0.6) is 0 Å². The summed E-state index contributed by atoms with van der Waals surface area (Å²) in [5.74, 6) is 1.75. The van der Waals surface area contributed by atoms with Crippen LogP contribution in [0, 0.1) is 11.3 Å². The zero-order valence-corrected chi connectivity index (χ0v) is 45.8. The van der Waals surface area contributed by atoms with Crippen LogP contribution in [0.4, 0.5) is 0 Å². The third kappa shape index (κ3) is 6.90. The predicted molar refractivity (Wildman–Crippen MR) is 336 cm³/mol. The van der Waals surface area contributed by atoms with Crippen molar-refractivity contribution >= 4 is 43.6 Å². The molecule has 82 heavy (non-hydrogen) atoms. The lowest BCUT2D eigenvalue weighted by Gasteiger charge is -2.23. The number of benzene rings is 11. The maximum absolute atomic E-state index is 10.3. The maximum atomic E-state index is 10.3. The molecule has 3 aromatic heterocycles. The van der Waals surface area contributed by atoms with E-state index in [1.807, 2.05) is 54.6 Å². The van der Waals surface area contributed by atoms with E-state index >= 15 is 0 Å². The van der Waals surface area contributed by atoms with Gasteiger partial charge in [-0.15, -0.1) is 0 Å². The van der Waals surface area contributed by atoms with Gasteiger partial charge in [0.25, 0.3) is 0 Å². The highest BCUT2D eigenvalue weighted by Gasteiger charge is 2.40. The molecule has 6 heteroatoms. The van der Waals surface area contributed by atoms with Crippen LogP contribution in [0.25, 0.3) is 134 Å². The molecule has 0 unspecified atom stereocenters. The molecule has 0 fully saturated rings. The van der Waals surface area contributed by atoms with Gasteiger partial charge in [0, 0.05) is 60.2 Å². The second-order valence-corrected chi connectivity index (χ2v) is 23.0. The van der Waals surface area contributed by atoms with Gasteiger partial charge in [0.05, 0.1) is 45.1 Å². The molecule has 0 amide bonds. The first-order valence-electron chi connectivity index (χ1n) is 28.2. The van der Waals surface area contributed by atoms with E-state index in [1.165, 1.54) is 66.1 Å². The molecule has 0 bridgehead atoms. The molecule has 0 atom stereocenters. The summed E-state index contributed by atoms with van der Waals surface area (Å²) in [6, 6.07) is 89.4. The van der Waals surface area contributed by atoms with Crippen LogP contribution >= 0.6 is 0 Å². The van der Waals surface area contributed by atoms with Gasteiger partial charge in [-0.3, -0.25) is 0 Å². The minimum Gasteiger partial charge on any atom is -0.309 e. The molecular formula is C76H52N6. The van der Waals surface area contributed by atoms with Crippen molar-refractivity contribution in [1.29, 1.82) is 5.26 Å². The Kier molecular flexibility index (Phi) is 10.3. The van der Waals surface area contributed by atoms with Gasteiger partial charge in [-0.2, -0.15) is 5.26 Å². The van der Waals surface area contributed by atoms with Crippen LogP contribution < -0.4 is 0 Å². The fourth-order valence-corrected chi connectivity index (χ4v) is 14.1. The minimum atomic E-state index is -0.259. The highest BCUT2D eigenvalue weighted by atomic mass is 15.0. The molecule has 0 aliphatic heterocycles. The monoisotopic (exact) mass is 1050 g/mol. The van der Waals surface area contributed by atoms with Crippen LogP contribution in [-0.2, 0) is 10.8 Å². The Hall–Kier alpha value is -10.5. The van der Waals surface area contributed by atoms with E-state index in [9.17, 15) is 5.26 Å². The quantitative estimate of drug-likeness (QED) is 0.159. The zero-order chi connectivity index (χ0) is 55.0. The second kappa shape index (κ2) is 17.8. The van der Waals surface area contributed by atoms with Crippen molar-refractivity contribution in [2.45, 2.75) is 38.5 Å². The fraction of sp³-hybridized carbons (Fsp3) is 0.0789. The summed E-state index contributed by atoms with van der Waals surface area (Å²) in [5.41, 5.74) is 23.7. The molecule has 0 radical (unpaired) electrons. The maximum Gasteiger partial charge on any atom is 0.164 e. The summed E-state index contributed by atoms with van der Waals surface area (Å²) in [5, 5.41) is 15.2. The van der Waals surface area contributed by atoms with Crippen molar-refractivity contribution in [3.63, 3.8) is 0 Å². The molecule has 2 aliphatic rings. The number of para-hydroxylation sites is 2. The van der Waals surface area contributed by atoms with E-state index in [0.29, 0.717) is 23.0 Å². The SMILES string of the molecule is CC1(C)c2ccccc2-c2ccc3c(c21)c1ccccc1n3-c1ccc(-c2cccc(C#N)c2)cc1-c1cc(-c2nc(-c3ccccc3)nc(-c3ccccc3)n2)ccc1-n1c2ccccc2c2c3c(ccc21)-c1ccccc1C3(C)C. The van der Waals surface area contributed by atoms with Crippen molar-refractivity contribution in [3.8, 4) is 96.1 Å². The molecule has 386 valence electrons. The first-order valence-corrected chi connectivity index (χ1v) is 28.2. The number of rotatable bonds is 7. The smallest absolute Gasteiger partial charge is 0.164 e. The van der Waals surface area contributed by atoms with Gasteiger partial charge >= 0.3 is 0 Å². The summed E-state index contributed by atoms with van der Waals surface area (Å²) >= 11 is 0. The van der Waals surface area contributed by atoms with Crippen LogP contribution in [0.2, 0.25) is 0 Å². The average Bonchev–Trinajstić information content (AvgIpc) is 4.24. The Labute approximate surface area is 475 Å². The Morgan fingerprint density at radius 3 is 1.26 bits per heavy atom. The predicted octanol–water partition coefficient (Wildman–Crippen LogP) is 18.9. The molecule has 6 nitrogen and oxygen atoms in total. The highest BCUT2D eigenvalue weighted by Crippen LogP contribution is 2.56. The summed E-state index contributed by atoms with van der Waals surface area (Å²) in [7, 11) is 0. The highest BCUT2D eigenvalue weighted by molar-refractivity contribution is 6.17. The largest absolute Gasteiger partial charge is 0.309 e. The van der Waals surface area contributed by atoms with Gasteiger partial charge in [-0.05, 0) is 122 Å². The van der Waals surface area contributed by atoms with Gasteiger partial charge in [0.2, 0.25) is 0 Å². The normalized spacial score (nSPS) is 13.5. The molecule has 3 heterocycles. The van der Waals surface area contributed by atoms with E-state index in [4.69, 9.17) is 15.0 Å². The topological polar surface area (TPSA) is 72.3 Å². The fourth-order valence-electron chi connectivity index (χ4n) is 14.1. The van der Waals surface area contributed by atoms with Crippen molar-refractivity contribution in [2.24, 2.45) is 0 Å². The van der Waals surface area contributed by atoms with Crippen molar-refractivity contribution in [3.05, 3.63) is 270 Å². The summed E-state index contributed by atoms with van der Waals surface area (Å²) < 4.78 is 4.99. The molecule has 0 saturated carbocycles. The Morgan fingerprint density at radius 1 is 0.329 bits per heavy atom. The average molecular weight is 1050 g/mol. The summed E-state index contributed by atoms with van der Waals surface area (Å²) in [4.78, 5) is 15.8. The van der Waals surface area contributed by atoms with Crippen LogP contribution in [0.1, 0.15) is 55.5 Å². The lowest BCUT2D eigenvalue weighted by atomic mass is 9.80. The number of hydrogen-bond donors (Lipinski definition) is 0. The van der Waals surface area contributed by atoms with Crippen molar-refractivity contribution in [2.75, 3.05) is 0 Å². The standard InChI is InChI=1S/C76H52N6/c1-75(2)60-30-15-11-26-52(60)54-36-40-66-68(70(54)75)56-28-13-17-32-62(56)81(66)64-38-34-50(49-25-19-20-46(42-49)45-77)43-58(64)59-44-51(74-79-72(47-21-7-5-8-22-47)78-73(80-74)48-23-9-6-10-24-48)35-39-65(59)82-63-33-18-14-29-57(63)69-67(82)41-37-55-53-27-12-16-31-61(53)76(3,4)71(55)69/h5-44H,1-4H3. The van der Waals surface area contributed by atoms with Crippen molar-refractivity contribution in [1.82, 2.24) is 24.1 Å². The van der Waals surface area contributed by atoms with Crippen molar-refractivity contribution < 1.29 is 0 Å². The summed E-state index contributed by atoms with van der Waals surface area (Å²) in [6.45, 7) is 9.52. The van der Waals surface area contributed by atoms with Gasteiger partial charge in [0.1, 0.15) is 0 Å². The van der Waals surface area contributed by atoms with Gasteiger partial charge in [-0.1, -0.05) is 204 Å².